The molecule has 196 valence electrons. The Labute approximate surface area is 242 Å². The van der Waals surface area contributed by atoms with E-state index in [-0.39, 0.29) is 0 Å². The van der Waals surface area contributed by atoms with E-state index in [9.17, 15) is 0 Å². The summed E-state index contributed by atoms with van der Waals surface area (Å²) in [6.07, 6.45) is 3.93. The third-order valence-corrected chi connectivity index (χ3v) is 8.57. The zero-order valence-corrected chi connectivity index (χ0v) is 22.8. The molecule has 9 aromatic rings. The summed E-state index contributed by atoms with van der Waals surface area (Å²) in [5.74, 6) is 0. The van der Waals surface area contributed by atoms with Gasteiger partial charge in [0.1, 0.15) is 5.65 Å². The molecule has 0 radical (unpaired) electrons. The molecule has 0 atom stereocenters. The van der Waals surface area contributed by atoms with Crippen LogP contribution < -0.4 is 0 Å². The summed E-state index contributed by atoms with van der Waals surface area (Å²) in [5.41, 5.74) is 10.6. The van der Waals surface area contributed by atoms with Crippen LogP contribution in [-0.4, -0.2) is 14.0 Å². The summed E-state index contributed by atoms with van der Waals surface area (Å²) in [4.78, 5) is 4.64. The molecule has 0 spiro atoms. The van der Waals surface area contributed by atoms with Crippen LogP contribution in [0.5, 0.6) is 0 Å². The molecule has 0 amide bonds. The van der Waals surface area contributed by atoms with Crippen LogP contribution in [0, 0.1) is 0 Å². The maximum Gasteiger partial charge on any atom is 0.145 e. The van der Waals surface area contributed by atoms with Gasteiger partial charge in [-0.15, -0.1) is 0 Å². The van der Waals surface area contributed by atoms with E-state index in [0.29, 0.717) is 0 Å². The Bertz CT molecular complexity index is 2460. The van der Waals surface area contributed by atoms with Gasteiger partial charge in [0.15, 0.2) is 0 Å². The molecule has 42 heavy (non-hydrogen) atoms. The highest BCUT2D eigenvalue weighted by atomic mass is 15.0. The summed E-state index contributed by atoms with van der Waals surface area (Å²) in [6.45, 7) is 0. The molecular formula is C39H25N3. The third-order valence-electron chi connectivity index (χ3n) is 8.57. The predicted octanol–water partition coefficient (Wildman–Crippen LogP) is 10.1. The first-order valence-corrected chi connectivity index (χ1v) is 14.3. The fourth-order valence-electron chi connectivity index (χ4n) is 6.64. The van der Waals surface area contributed by atoms with E-state index < -0.39 is 0 Å². The number of benzene rings is 6. The molecule has 3 heteroatoms. The van der Waals surface area contributed by atoms with E-state index in [4.69, 9.17) is 0 Å². The summed E-state index contributed by atoms with van der Waals surface area (Å²) >= 11 is 0. The SMILES string of the molecule is c1ccc(-n2c3ccccc3c3cc(-c4cccc(-c5ccc6c(c5)c5ccccc5c5nccn65)c4)ccc32)cc1. The Morgan fingerprint density at radius 2 is 1.00 bits per heavy atom. The van der Waals surface area contributed by atoms with Gasteiger partial charge in [-0.05, 0) is 76.2 Å². The molecule has 0 fully saturated rings. The minimum atomic E-state index is 0.997. The van der Waals surface area contributed by atoms with Gasteiger partial charge < -0.3 is 4.57 Å². The molecule has 0 aliphatic heterocycles. The molecule has 9 rings (SSSR count). The highest BCUT2D eigenvalue weighted by Gasteiger charge is 2.14. The van der Waals surface area contributed by atoms with Crippen molar-refractivity contribution in [1.29, 1.82) is 0 Å². The first-order valence-electron chi connectivity index (χ1n) is 14.3. The first kappa shape index (κ1) is 23.1. The molecule has 3 aromatic heterocycles. The molecule has 0 unspecified atom stereocenters. The zero-order chi connectivity index (χ0) is 27.6. The van der Waals surface area contributed by atoms with Crippen LogP contribution in [0.2, 0.25) is 0 Å². The lowest BCUT2D eigenvalue weighted by atomic mass is 9.96. The lowest BCUT2D eigenvalue weighted by Crippen LogP contribution is -1.92. The Morgan fingerprint density at radius 3 is 1.79 bits per heavy atom. The smallest absolute Gasteiger partial charge is 0.145 e. The molecule has 3 heterocycles. The second kappa shape index (κ2) is 8.92. The molecule has 0 bridgehead atoms. The van der Waals surface area contributed by atoms with Crippen LogP contribution in [0.1, 0.15) is 0 Å². The monoisotopic (exact) mass is 535 g/mol. The van der Waals surface area contributed by atoms with Gasteiger partial charge in [0, 0.05) is 39.6 Å². The number of imidazole rings is 1. The van der Waals surface area contributed by atoms with Crippen molar-refractivity contribution in [3.05, 3.63) is 152 Å². The maximum atomic E-state index is 4.64. The Morgan fingerprint density at radius 1 is 0.405 bits per heavy atom. The number of fused-ring (bicyclic) bond motifs is 9. The van der Waals surface area contributed by atoms with E-state index in [1.165, 1.54) is 71.4 Å². The molecule has 0 N–H and O–H groups in total. The molecular weight excluding hydrogens is 510 g/mol. The second-order valence-corrected chi connectivity index (χ2v) is 10.9. The molecule has 0 saturated heterocycles. The van der Waals surface area contributed by atoms with Crippen LogP contribution in [0.4, 0.5) is 0 Å². The van der Waals surface area contributed by atoms with Crippen molar-refractivity contribution >= 4 is 49.1 Å². The van der Waals surface area contributed by atoms with Gasteiger partial charge in [-0.1, -0.05) is 91.0 Å². The lowest BCUT2D eigenvalue weighted by molar-refractivity contribution is 1.18. The number of para-hydroxylation sites is 2. The standard InChI is InChI=1S/C39H25N3/c1-2-11-30(12-3-1)42-37-16-7-6-14-32(37)35-25-29(18-20-38(35)42)27-10-8-9-26(23-27)28-17-19-36-34(24-28)31-13-4-5-15-33(31)39-40-21-22-41(36)39/h1-25H. The summed E-state index contributed by atoms with van der Waals surface area (Å²) in [7, 11) is 0. The van der Waals surface area contributed by atoms with Crippen molar-refractivity contribution in [2.24, 2.45) is 0 Å². The van der Waals surface area contributed by atoms with Crippen LogP contribution >= 0.6 is 0 Å². The average Bonchev–Trinajstić information content (AvgIpc) is 3.69. The fourth-order valence-corrected chi connectivity index (χ4v) is 6.64. The van der Waals surface area contributed by atoms with Crippen molar-refractivity contribution in [1.82, 2.24) is 14.0 Å². The second-order valence-electron chi connectivity index (χ2n) is 10.9. The Hall–Kier alpha value is -5.67. The Kier molecular flexibility index (Phi) is 4.90. The van der Waals surface area contributed by atoms with Gasteiger partial charge in [-0.3, -0.25) is 4.40 Å². The van der Waals surface area contributed by atoms with E-state index in [2.05, 4.69) is 160 Å². The van der Waals surface area contributed by atoms with Gasteiger partial charge in [0.25, 0.3) is 0 Å². The van der Waals surface area contributed by atoms with Gasteiger partial charge in [0.2, 0.25) is 0 Å². The van der Waals surface area contributed by atoms with Crippen LogP contribution in [0.15, 0.2) is 152 Å². The number of hydrogen-bond acceptors (Lipinski definition) is 1. The third kappa shape index (κ3) is 3.37. The fraction of sp³-hybridized carbons (Fsp3) is 0. The maximum absolute atomic E-state index is 4.64. The van der Waals surface area contributed by atoms with Crippen molar-refractivity contribution in [3.63, 3.8) is 0 Å². The number of pyridine rings is 1. The van der Waals surface area contributed by atoms with Gasteiger partial charge in [0.05, 0.1) is 16.6 Å². The number of hydrogen-bond donors (Lipinski definition) is 0. The quantitative estimate of drug-likeness (QED) is 0.206. The minimum absolute atomic E-state index is 0.997. The van der Waals surface area contributed by atoms with E-state index in [0.717, 1.165) is 5.65 Å². The highest BCUT2D eigenvalue weighted by molar-refractivity contribution is 6.13. The summed E-state index contributed by atoms with van der Waals surface area (Å²) in [5, 5.41) is 6.16. The van der Waals surface area contributed by atoms with Crippen molar-refractivity contribution in [2.45, 2.75) is 0 Å². The van der Waals surface area contributed by atoms with Gasteiger partial charge in [-0.2, -0.15) is 0 Å². The van der Waals surface area contributed by atoms with Crippen LogP contribution in [0.25, 0.3) is 77.1 Å². The number of rotatable bonds is 3. The predicted molar refractivity (Wildman–Crippen MR) is 175 cm³/mol. The molecule has 3 nitrogen and oxygen atoms in total. The van der Waals surface area contributed by atoms with E-state index >= 15 is 0 Å². The lowest BCUT2D eigenvalue weighted by Gasteiger charge is -2.11. The van der Waals surface area contributed by atoms with Crippen LogP contribution in [-0.2, 0) is 0 Å². The number of aromatic nitrogens is 3. The van der Waals surface area contributed by atoms with E-state index in [1.54, 1.807) is 0 Å². The van der Waals surface area contributed by atoms with E-state index in [1.807, 2.05) is 6.20 Å². The molecule has 0 saturated carbocycles. The average molecular weight is 536 g/mol. The van der Waals surface area contributed by atoms with Gasteiger partial charge >= 0.3 is 0 Å². The van der Waals surface area contributed by atoms with Crippen molar-refractivity contribution in [2.75, 3.05) is 0 Å². The zero-order valence-electron chi connectivity index (χ0n) is 22.8. The molecule has 0 aliphatic carbocycles. The van der Waals surface area contributed by atoms with Gasteiger partial charge in [-0.25, -0.2) is 4.98 Å². The number of nitrogens with zero attached hydrogens (tertiary/aromatic N) is 3. The Balaban J connectivity index is 1.21. The summed E-state index contributed by atoms with van der Waals surface area (Å²) in [6, 6.07) is 50.4. The minimum Gasteiger partial charge on any atom is -0.309 e. The topological polar surface area (TPSA) is 22.2 Å². The first-order chi connectivity index (χ1) is 20.8. The highest BCUT2D eigenvalue weighted by Crippen LogP contribution is 2.37. The molecule has 6 aromatic carbocycles. The summed E-state index contributed by atoms with van der Waals surface area (Å²) < 4.78 is 4.56. The molecule has 0 aliphatic rings. The van der Waals surface area contributed by atoms with Crippen molar-refractivity contribution < 1.29 is 0 Å². The normalized spacial score (nSPS) is 11.8. The van der Waals surface area contributed by atoms with Crippen molar-refractivity contribution in [3.8, 4) is 27.9 Å². The van der Waals surface area contributed by atoms with Crippen LogP contribution in [0.3, 0.4) is 0 Å². The largest absolute Gasteiger partial charge is 0.309 e.